The fourth-order valence-corrected chi connectivity index (χ4v) is 3.97. The second-order valence-electron chi connectivity index (χ2n) is 7.12. The largest absolute Gasteiger partial charge is 0.366 e. The summed E-state index contributed by atoms with van der Waals surface area (Å²) in [5.41, 5.74) is 9.15. The molecule has 2 aromatic heterocycles. The molecule has 4 aromatic rings. The van der Waals surface area contributed by atoms with E-state index >= 15 is 0 Å². The second kappa shape index (κ2) is 8.09. The molecule has 0 bridgehead atoms. The molecule has 30 heavy (non-hydrogen) atoms. The fourth-order valence-electron chi connectivity index (χ4n) is 3.23. The molecule has 0 saturated heterocycles. The Morgan fingerprint density at radius 3 is 2.47 bits per heavy atom. The third kappa shape index (κ3) is 3.95. The highest BCUT2D eigenvalue weighted by Gasteiger charge is 2.14. The van der Waals surface area contributed by atoms with Crippen molar-refractivity contribution < 1.29 is 9.59 Å². The lowest BCUT2D eigenvalue weighted by Gasteiger charge is -2.07. The summed E-state index contributed by atoms with van der Waals surface area (Å²) < 4.78 is 1.70. The van der Waals surface area contributed by atoms with Gasteiger partial charge < -0.3 is 11.1 Å². The number of nitrogens with zero attached hydrogens (tertiary/aromatic N) is 2. The van der Waals surface area contributed by atoms with Crippen LogP contribution in [0.3, 0.4) is 0 Å². The van der Waals surface area contributed by atoms with Crippen molar-refractivity contribution in [2.75, 3.05) is 18.6 Å². The van der Waals surface area contributed by atoms with Crippen molar-refractivity contribution >= 4 is 36.2 Å². The zero-order chi connectivity index (χ0) is 21.3. The molecule has 0 spiro atoms. The van der Waals surface area contributed by atoms with Gasteiger partial charge in [0.15, 0.2) is 0 Å². The van der Waals surface area contributed by atoms with Crippen LogP contribution in [0.5, 0.6) is 0 Å². The SMILES string of the molecule is CP(C)c1ccc(-c2cc3c(C(=O)Nc4cccc(C(N)=O)c4)cccn3n2)cc1. The van der Waals surface area contributed by atoms with E-state index in [0.717, 1.165) is 11.3 Å². The number of amides is 2. The number of pyridine rings is 1. The lowest BCUT2D eigenvalue weighted by Crippen LogP contribution is -2.15. The molecule has 0 aliphatic carbocycles. The summed E-state index contributed by atoms with van der Waals surface area (Å²) in [5.74, 6) is -0.829. The molecule has 0 unspecified atom stereocenters. The molecule has 0 radical (unpaired) electrons. The number of hydrogen-bond acceptors (Lipinski definition) is 3. The van der Waals surface area contributed by atoms with Gasteiger partial charge in [0.2, 0.25) is 5.91 Å². The van der Waals surface area contributed by atoms with Crippen molar-refractivity contribution in [1.82, 2.24) is 9.61 Å². The van der Waals surface area contributed by atoms with E-state index < -0.39 is 5.91 Å². The van der Waals surface area contributed by atoms with Gasteiger partial charge in [-0.15, -0.1) is 0 Å². The van der Waals surface area contributed by atoms with Crippen molar-refractivity contribution in [2.24, 2.45) is 5.73 Å². The highest BCUT2D eigenvalue weighted by Crippen LogP contribution is 2.26. The highest BCUT2D eigenvalue weighted by molar-refractivity contribution is 7.64. The Bertz CT molecular complexity index is 1250. The van der Waals surface area contributed by atoms with E-state index in [1.807, 2.05) is 12.3 Å². The first-order chi connectivity index (χ1) is 14.4. The van der Waals surface area contributed by atoms with Gasteiger partial charge in [-0.25, -0.2) is 4.52 Å². The molecule has 150 valence electrons. The van der Waals surface area contributed by atoms with E-state index in [4.69, 9.17) is 5.73 Å². The van der Waals surface area contributed by atoms with Crippen LogP contribution >= 0.6 is 7.92 Å². The number of primary amides is 1. The molecule has 2 heterocycles. The van der Waals surface area contributed by atoms with Crippen molar-refractivity contribution in [1.29, 1.82) is 0 Å². The Kier molecular flexibility index (Phi) is 5.34. The number of fused-ring (bicyclic) bond motifs is 1. The Labute approximate surface area is 175 Å². The smallest absolute Gasteiger partial charge is 0.257 e. The van der Waals surface area contributed by atoms with Crippen molar-refractivity contribution in [2.45, 2.75) is 0 Å². The average Bonchev–Trinajstić information content (AvgIpc) is 3.18. The average molecular weight is 416 g/mol. The molecular weight excluding hydrogens is 395 g/mol. The normalized spacial score (nSPS) is 11.0. The van der Waals surface area contributed by atoms with Crippen LogP contribution in [0.25, 0.3) is 16.8 Å². The summed E-state index contributed by atoms with van der Waals surface area (Å²) in [6, 6.07) is 20.4. The summed E-state index contributed by atoms with van der Waals surface area (Å²) in [4.78, 5) is 24.3. The summed E-state index contributed by atoms with van der Waals surface area (Å²) in [6.07, 6.45) is 1.81. The van der Waals surface area contributed by atoms with Gasteiger partial charge in [-0.2, -0.15) is 5.10 Å². The Morgan fingerprint density at radius 1 is 1.00 bits per heavy atom. The van der Waals surface area contributed by atoms with Crippen molar-refractivity contribution in [3.05, 3.63) is 84.1 Å². The first-order valence-corrected chi connectivity index (χ1v) is 11.6. The molecule has 6 nitrogen and oxygen atoms in total. The molecule has 0 fully saturated rings. The molecule has 3 N–H and O–H groups in total. The van der Waals surface area contributed by atoms with E-state index in [-0.39, 0.29) is 13.8 Å². The number of carbonyl (C=O) groups is 2. The monoisotopic (exact) mass is 416 g/mol. The van der Waals surface area contributed by atoms with E-state index in [0.29, 0.717) is 22.3 Å². The Morgan fingerprint density at radius 2 is 1.77 bits per heavy atom. The van der Waals surface area contributed by atoms with Crippen LogP contribution < -0.4 is 16.4 Å². The zero-order valence-corrected chi connectivity index (χ0v) is 17.6. The first kappa shape index (κ1) is 19.8. The van der Waals surface area contributed by atoms with Crippen LogP contribution in [0.1, 0.15) is 20.7 Å². The zero-order valence-electron chi connectivity index (χ0n) is 16.7. The van der Waals surface area contributed by atoms with Gasteiger partial charge in [0.25, 0.3) is 5.91 Å². The fraction of sp³-hybridized carbons (Fsp3) is 0.0870. The molecule has 7 heteroatoms. The number of carbonyl (C=O) groups excluding carboxylic acids is 2. The van der Waals surface area contributed by atoms with Gasteiger partial charge in [0.1, 0.15) is 0 Å². The minimum Gasteiger partial charge on any atom is -0.366 e. The number of nitrogens with two attached hydrogens (primary N) is 1. The molecule has 0 saturated carbocycles. The van der Waals surface area contributed by atoms with Crippen LogP contribution in [-0.2, 0) is 0 Å². The lowest BCUT2D eigenvalue weighted by atomic mass is 10.1. The van der Waals surface area contributed by atoms with E-state index in [1.54, 1.807) is 40.9 Å². The maximum absolute atomic E-state index is 12.9. The summed E-state index contributed by atoms with van der Waals surface area (Å²) in [5, 5.41) is 8.78. The molecule has 2 amide bonds. The maximum atomic E-state index is 12.9. The van der Waals surface area contributed by atoms with Gasteiger partial charge in [-0.1, -0.05) is 38.3 Å². The summed E-state index contributed by atoms with van der Waals surface area (Å²) in [6.45, 7) is 4.44. The minimum absolute atomic E-state index is 0.149. The Balaban J connectivity index is 1.66. The highest BCUT2D eigenvalue weighted by atomic mass is 31.1. The summed E-state index contributed by atoms with van der Waals surface area (Å²) in [7, 11) is -0.149. The van der Waals surface area contributed by atoms with Crippen LogP contribution in [0, 0.1) is 0 Å². The van der Waals surface area contributed by atoms with Gasteiger partial charge in [0.05, 0.1) is 16.8 Å². The summed E-state index contributed by atoms with van der Waals surface area (Å²) >= 11 is 0. The molecular formula is C23H21N4O2P. The third-order valence-electron chi connectivity index (χ3n) is 4.83. The standard InChI is InChI=1S/C23H21N4O2P/c1-30(2)18-10-8-15(9-11-18)20-14-21-19(7-4-12-27(21)26-20)23(29)25-17-6-3-5-16(13-17)22(24)28/h3-14H,1-2H3,(H2,24,28)(H,25,29). The number of hydrogen-bond donors (Lipinski definition) is 2. The van der Waals surface area contributed by atoms with Crippen molar-refractivity contribution in [3.63, 3.8) is 0 Å². The van der Waals surface area contributed by atoms with Crippen LogP contribution in [0.15, 0.2) is 72.9 Å². The van der Waals surface area contributed by atoms with Gasteiger partial charge in [0, 0.05) is 23.0 Å². The second-order valence-corrected chi connectivity index (χ2v) is 9.43. The predicted octanol–water partition coefficient (Wildman–Crippen LogP) is 3.72. The van der Waals surface area contributed by atoms with Gasteiger partial charge >= 0.3 is 0 Å². The predicted molar refractivity (Wildman–Crippen MR) is 122 cm³/mol. The van der Waals surface area contributed by atoms with E-state index in [9.17, 15) is 9.59 Å². The van der Waals surface area contributed by atoms with Gasteiger partial charge in [-0.05, 0) is 55.0 Å². The molecule has 0 atom stereocenters. The molecule has 4 rings (SSSR count). The molecule has 0 aliphatic rings. The number of benzene rings is 2. The van der Waals surface area contributed by atoms with E-state index in [1.165, 1.54) is 5.30 Å². The van der Waals surface area contributed by atoms with Crippen LogP contribution in [0.4, 0.5) is 5.69 Å². The maximum Gasteiger partial charge on any atom is 0.257 e. The number of nitrogens with one attached hydrogen (secondary N) is 1. The molecule has 2 aromatic carbocycles. The number of rotatable bonds is 5. The van der Waals surface area contributed by atoms with Crippen LogP contribution in [-0.4, -0.2) is 34.8 Å². The quantitative estimate of drug-likeness (QED) is 0.486. The topological polar surface area (TPSA) is 89.5 Å². The Hall–Kier alpha value is -3.50. The van der Waals surface area contributed by atoms with Crippen LogP contribution in [0.2, 0.25) is 0 Å². The first-order valence-electron chi connectivity index (χ1n) is 9.40. The van der Waals surface area contributed by atoms with Gasteiger partial charge in [-0.3, -0.25) is 9.59 Å². The number of aromatic nitrogens is 2. The third-order valence-corrected chi connectivity index (χ3v) is 6.16. The number of anilines is 1. The molecule has 0 aliphatic heterocycles. The van der Waals surface area contributed by atoms with Crippen molar-refractivity contribution in [3.8, 4) is 11.3 Å². The van der Waals surface area contributed by atoms with E-state index in [2.05, 4.69) is 48.0 Å². The lowest BCUT2D eigenvalue weighted by molar-refractivity contribution is 0.0996. The minimum atomic E-state index is -0.543.